The van der Waals surface area contributed by atoms with Gasteiger partial charge in [-0.1, -0.05) is 0 Å². The summed E-state index contributed by atoms with van der Waals surface area (Å²) in [5.74, 6) is -1.28. The second-order valence-electron chi connectivity index (χ2n) is 5.01. The molecule has 1 saturated carbocycles. The zero-order valence-electron chi connectivity index (χ0n) is 11.0. The maximum absolute atomic E-state index is 13.6. The van der Waals surface area contributed by atoms with E-state index in [1.807, 2.05) is 6.92 Å². The van der Waals surface area contributed by atoms with Crippen molar-refractivity contribution in [3.8, 4) is 0 Å². The van der Waals surface area contributed by atoms with Gasteiger partial charge in [0, 0.05) is 25.8 Å². The molecule has 0 bridgehead atoms. The molecule has 1 aliphatic rings. The SMILES string of the molecule is CCNc1nc(NCC2(CCO)CC2)c(F)cc1F. The maximum atomic E-state index is 13.6. The van der Waals surface area contributed by atoms with E-state index in [9.17, 15) is 8.78 Å². The van der Waals surface area contributed by atoms with Crippen LogP contribution in [-0.2, 0) is 0 Å². The largest absolute Gasteiger partial charge is 0.396 e. The van der Waals surface area contributed by atoms with Crippen LogP contribution in [0.4, 0.5) is 20.4 Å². The van der Waals surface area contributed by atoms with Crippen molar-refractivity contribution in [1.29, 1.82) is 0 Å². The van der Waals surface area contributed by atoms with Gasteiger partial charge >= 0.3 is 0 Å². The molecule has 0 aliphatic heterocycles. The average Bonchev–Trinajstić information content (AvgIpc) is 3.12. The van der Waals surface area contributed by atoms with Crippen molar-refractivity contribution in [3.05, 3.63) is 17.7 Å². The molecule has 1 heterocycles. The number of anilines is 2. The molecular formula is C13H19F2N3O. The van der Waals surface area contributed by atoms with Crippen LogP contribution in [0, 0.1) is 17.0 Å². The fraction of sp³-hybridized carbons (Fsp3) is 0.615. The van der Waals surface area contributed by atoms with E-state index in [4.69, 9.17) is 5.11 Å². The van der Waals surface area contributed by atoms with E-state index in [2.05, 4.69) is 15.6 Å². The summed E-state index contributed by atoms with van der Waals surface area (Å²) in [5.41, 5.74) is 0.0512. The van der Waals surface area contributed by atoms with Crippen molar-refractivity contribution in [2.75, 3.05) is 30.3 Å². The lowest BCUT2D eigenvalue weighted by Gasteiger charge is -2.16. The van der Waals surface area contributed by atoms with Crippen molar-refractivity contribution >= 4 is 11.6 Å². The summed E-state index contributed by atoms with van der Waals surface area (Å²) in [6.07, 6.45) is 2.73. The zero-order valence-corrected chi connectivity index (χ0v) is 11.0. The van der Waals surface area contributed by atoms with Crippen molar-refractivity contribution in [2.24, 2.45) is 5.41 Å². The molecule has 1 fully saturated rings. The molecule has 6 heteroatoms. The van der Waals surface area contributed by atoms with E-state index in [1.54, 1.807) is 0 Å². The van der Waals surface area contributed by atoms with Gasteiger partial charge in [-0.15, -0.1) is 0 Å². The number of nitrogens with zero attached hydrogens (tertiary/aromatic N) is 1. The third-order valence-corrected chi connectivity index (χ3v) is 3.50. The first-order chi connectivity index (χ1) is 9.10. The van der Waals surface area contributed by atoms with Gasteiger partial charge in [0.1, 0.15) is 0 Å². The Balaban J connectivity index is 2.05. The molecule has 0 atom stereocenters. The van der Waals surface area contributed by atoms with Gasteiger partial charge in [-0.2, -0.15) is 0 Å². The van der Waals surface area contributed by atoms with Gasteiger partial charge in [0.15, 0.2) is 23.3 Å². The van der Waals surface area contributed by atoms with E-state index >= 15 is 0 Å². The fourth-order valence-corrected chi connectivity index (χ4v) is 2.08. The van der Waals surface area contributed by atoms with Crippen LogP contribution in [-0.4, -0.2) is 29.8 Å². The molecule has 1 aliphatic carbocycles. The molecular weight excluding hydrogens is 252 g/mol. The molecule has 1 aromatic heterocycles. The molecule has 0 radical (unpaired) electrons. The molecule has 3 N–H and O–H groups in total. The van der Waals surface area contributed by atoms with E-state index in [-0.39, 0.29) is 23.7 Å². The zero-order chi connectivity index (χ0) is 13.9. The highest BCUT2D eigenvalue weighted by atomic mass is 19.1. The lowest BCUT2D eigenvalue weighted by atomic mass is 10.0. The minimum atomic E-state index is -0.695. The highest BCUT2D eigenvalue weighted by molar-refractivity contribution is 5.47. The second kappa shape index (κ2) is 5.69. The Morgan fingerprint density at radius 1 is 1.26 bits per heavy atom. The number of rotatable bonds is 7. The van der Waals surface area contributed by atoms with Crippen LogP contribution < -0.4 is 10.6 Å². The Bertz CT molecular complexity index is 450. The maximum Gasteiger partial charge on any atom is 0.168 e. The van der Waals surface area contributed by atoms with Crippen molar-refractivity contribution in [3.63, 3.8) is 0 Å². The van der Waals surface area contributed by atoms with Crippen LogP contribution in [0.25, 0.3) is 0 Å². The number of pyridine rings is 1. The summed E-state index contributed by atoms with van der Waals surface area (Å²) < 4.78 is 27.0. The fourth-order valence-electron chi connectivity index (χ4n) is 2.08. The first-order valence-corrected chi connectivity index (χ1v) is 6.55. The second-order valence-corrected chi connectivity index (χ2v) is 5.01. The average molecular weight is 271 g/mol. The lowest BCUT2D eigenvalue weighted by Crippen LogP contribution is -2.18. The summed E-state index contributed by atoms with van der Waals surface area (Å²) in [6.45, 7) is 3.01. The van der Waals surface area contributed by atoms with E-state index < -0.39 is 11.6 Å². The standard InChI is InChI=1S/C13H19F2N3O/c1-2-16-11-9(14)7-10(15)12(18-11)17-8-13(3-4-13)5-6-19/h7,19H,2-6,8H2,1H3,(H2,16,17,18). The molecule has 0 unspecified atom stereocenters. The number of hydrogen-bond donors (Lipinski definition) is 3. The highest BCUT2D eigenvalue weighted by Gasteiger charge is 2.41. The van der Waals surface area contributed by atoms with Crippen LogP contribution >= 0.6 is 0 Å². The molecule has 2 rings (SSSR count). The van der Waals surface area contributed by atoms with Gasteiger partial charge in [0.2, 0.25) is 0 Å². The summed E-state index contributed by atoms with van der Waals surface area (Å²) in [6, 6.07) is 0.832. The number of aromatic nitrogens is 1. The topological polar surface area (TPSA) is 57.2 Å². The van der Waals surface area contributed by atoms with Crippen LogP contribution in [0.2, 0.25) is 0 Å². The quantitative estimate of drug-likeness (QED) is 0.712. The number of halogens is 2. The molecule has 0 aromatic carbocycles. The van der Waals surface area contributed by atoms with E-state index in [0.717, 1.165) is 18.9 Å². The van der Waals surface area contributed by atoms with Crippen molar-refractivity contribution in [2.45, 2.75) is 26.2 Å². The van der Waals surface area contributed by atoms with Crippen molar-refractivity contribution in [1.82, 2.24) is 4.98 Å². The van der Waals surface area contributed by atoms with Gasteiger partial charge in [-0.25, -0.2) is 13.8 Å². The Morgan fingerprint density at radius 2 is 1.89 bits per heavy atom. The molecule has 0 amide bonds. The van der Waals surface area contributed by atoms with Gasteiger partial charge in [0.05, 0.1) is 0 Å². The Labute approximate surface area is 111 Å². The summed E-state index contributed by atoms with van der Waals surface area (Å²) >= 11 is 0. The molecule has 0 spiro atoms. The Morgan fingerprint density at radius 3 is 2.42 bits per heavy atom. The van der Waals surface area contributed by atoms with Crippen molar-refractivity contribution < 1.29 is 13.9 Å². The first kappa shape index (κ1) is 14.0. The minimum Gasteiger partial charge on any atom is -0.396 e. The molecule has 4 nitrogen and oxygen atoms in total. The number of hydrogen-bond acceptors (Lipinski definition) is 4. The minimum absolute atomic E-state index is 0.0512. The van der Waals surface area contributed by atoms with E-state index in [0.29, 0.717) is 19.5 Å². The third-order valence-electron chi connectivity index (χ3n) is 3.50. The summed E-state index contributed by atoms with van der Waals surface area (Å²) in [5, 5.41) is 14.6. The molecule has 19 heavy (non-hydrogen) atoms. The highest BCUT2D eigenvalue weighted by Crippen LogP contribution is 2.48. The summed E-state index contributed by atoms with van der Waals surface area (Å²) in [7, 11) is 0. The van der Waals surface area contributed by atoms with Gasteiger partial charge in [0.25, 0.3) is 0 Å². The Hall–Kier alpha value is -1.43. The van der Waals surface area contributed by atoms with Crippen LogP contribution in [0.5, 0.6) is 0 Å². The predicted molar refractivity (Wildman–Crippen MR) is 70.2 cm³/mol. The van der Waals surface area contributed by atoms with Gasteiger partial charge < -0.3 is 15.7 Å². The van der Waals surface area contributed by atoms with E-state index in [1.165, 1.54) is 0 Å². The van der Waals surface area contributed by atoms with Gasteiger partial charge in [-0.05, 0) is 31.6 Å². The third kappa shape index (κ3) is 3.32. The lowest BCUT2D eigenvalue weighted by molar-refractivity contribution is 0.253. The Kier molecular flexibility index (Phi) is 4.19. The van der Waals surface area contributed by atoms with Gasteiger partial charge in [-0.3, -0.25) is 0 Å². The predicted octanol–water partition coefficient (Wildman–Crippen LogP) is 2.37. The smallest absolute Gasteiger partial charge is 0.168 e. The number of aliphatic hydroxyl groups is 1. The monoisotopic (exact) mass is 271 g/mol. The molecule has 0 saturated heterocycles. The van der Waals surface area contributed by atoms with Crippen LogP contribution in [0.15, 0.2) is 6.07 Å². The molecule has 106 valence electrons. The normalized spacial score (nSPS) is 16.2. The first-order valence-electron chi connectivity index (χ1n) is 6.55. The number of aliphatic hydroxyl groups excluding tert-OH is 1. The van der Waals surface area contributed by atoms with Crippen LogP contribution in [0.1, 0.15) is 26.2 Å². The van der Waals surface area contributed by atoms with Crippen LogP contribution in [0.3, 0.4) is 0 Å². The number of nitrogens with one attached hydrogen (secondary N) is 2. The molecule has 1 aromatic rings. The summed E-state index contributed by atoms with van der Waals surface area (Å²) in [4.78, 5) is 3.92.